The first-order valence-corrected chi connectivity index (χ1v) is 6.87. The molecule has 0 spiro atoms. The highest BCUT2D eigenvalue weighted by Crippen LogP contribution is 2.11. The smallest absolute Gasteiger partial charge is 0.267 e. The summed E-state index contributed by atoms with van der Waals surface area (Å²) in [5.41, 5.74) is 0.651. The molecule has 19 heavy (non-hydrogen) atoms. The van der Waals surface area contributed by atoms with E-state index in [2.05, 4.69) is 26.2 Å². The van der Waals surface area contributed by atoms with Crippen LogP contribution in [0.1, 0.15) is 24.4 Å². The minimum atomic E-state index is -0.0556. The van der Waals surface area contributed by atoms with Crippen LogP contribution in [0.15, 0.2) is 38.4 Å². The lowest BCUT2D eigenvalue weighted by Gasteiger charge is -2.12. The summed E-state index contributed by atoms with van der Waals surface area (Å²) in [5, 5.41) is 3.30. The lowest BCUT2D eigenvalue weighted by Crippen LogP contribution is -2.29. The number of nitrogens with zero attached hydrogens (tertiary/aromatic N) is 2. The molecule has 1 unspecified atom stereocenters. The van der Waals surface area contributed by atoms with Crippen molar-refractivity contribution in [2.75, 3.05) is 6.54 Å². The van der Waals surface area contributed by atoms with E-state index in [-0.39, 0.29) is 11.6 Å². The number of halogens is 1. The van der Waals surface area contributed by atoms with Crippen LogP contribution in [0.4, 0.5) is 0 Å². The van der Waals surface area contributed by atoms with E-state index in [1.807, 2.05) is 19.1 Å². The summed E-state index contributed by atoms with van der Waals surface area (Å²) in [6, 6.07) is 3.90. The number of hydrogen-bond donors (Lipinski definition) is 1. The Labute approximate surface area is 119 Å². The van der Waals surface area contributed by atoms with Crippen molar-refractivity contribution in [2.24, 2.45) is 0 Å². The summed E-state index contributed by atoms with van der Waals surface area (Å²) in [6.45, 7) is 5.05. The second kappa shape index (κ2) is 6.16. The zero-order valence-corrected chi connectivity index (χ0v) is 12.5. The van der Waals surface area contributed by atoms with E-state index < -0.39 is 0 Å². The van der Waals surface area contributed by atoms with Crippen molar-refractivity contribution in [3.05, 3.63) is 51.0 Å². The molecule has 102 valence electrons. The molecule has 0 saturated heterocycles. The third kappa shape index (κ3) is 3.33. The average molecular weight is 326 g/mol. The van der Waals surface area contributed by atoms with Gasteiger partial charge in [0.15, 0.2) is 0 Å². The van der Waals surface area contributed by atoms with Crippen LogP contribution >= 0.6 is 15.9 Å². The Bertz CT molecular complexity index is 592. The molecule has 0 aliphatic rings. The molecule has 0 aromatic carbocycles. The number of nitrogens with one attached hydrogen (secondary N) is 1. The van der Waals surface area contributed by atoms with Crippen LogP contribution in [0, 0.1) is 6.92 Å². The van der Waals surface area contributed by atoms with Gasteiger partial charge in [-0.15, -0.1) is 0 Å². The molecule has 0 fully saturated rings. The summed E-state index contributed by atoms with van der Waals surface area (Å²) in [4.78, 5) is 16.1. The largest absolute Gasteiger partial charge is 0.468 e. The molecule has 2 heterocycles. The van der Waals surface area contributed by atoms with E-state index in [1.54, 1.807) is 24.1 Å². The van der Waals surface area contributed by atoms with Crippen molar-refractivity contribution in [1.29, 1.82) is 0 Å². The predicted molar refractivity (Wildman–Crippen MR) is 76.1 cm³/mol. The van der Waals surface area contributed by atoms with Gasteiger partial charge in [0, 0.05) is 13.1 Å². The summed E-state index contributed by atoms with van der Waals surface area (Å²) >= 11 is 3.25. The molecule has 0 amide bonds. The van der Waals surface area contributed by atoms with Crippen LogP contribution in [0.25, 0.3) is 0 Å². The first kappa shape index (κ1) is 14.0. The van der Waals surface area contributed by atoms with E-state index in [0.29, 0.717) is 23.3 Å². The first-order valence-electron chi connectivity index (χ1n) is 6.08. The molecule has 1 N–H and O–H groups in total. The molecular weight excluding hydrogens is 310 g/mol. The molecule has 0 aliphatic heterocycles. The third-order valence-corrected chi connectivity index (χ3v) is 3.84. The highest BCUT2D eigenvalue weighted by atomic mass is 79.9. The molecule has 0 saturated carbocycles. The molecule has 1 atom stereocenters. The number of rotatable bonds is 5. The summed E-state index contributed by atoms with van der Waals surface area (Å²) in [7, 11) is 0. The molecule has 0 aliphatic carbocycles. The van der Waals surface area contributed by atoms with Gasteiger partial charge in [0.2, 0.25) is 0 Å². The van der Waals surface area contributed by atoms with Crippen LogP contribution in [0.2, 0.25) is 0 Å². The van der Waals surface area contributed by atoms with E-state index >= 15 is 0 Å². The molecule has 6 heteroatoms. The fourth-order valence-corrected chi connectivity index (χ4v) is 2.08. The van der Waals surface area contributed by atoms with E-state index in [4.69, 9.17) is 4.42 Å². The van der Waals surface area contributed by atoms with Crippen molar-refractivity contribution in [3.63, 3.8) is 0 Å². The van der Waals surface area contributed by atoms with Crippen LogP contribution < -0.4 is 10.9 Å². The summed E-state index contributed by atoms with van der Waals surface area (Å²) < 4.78 is 7.41. The minimum absolute atomic E-state index is 0.0556. The quantitative estimate of drug-likeness (QED) is 0.916. The average Bonchev–Trinajstić information content (AvgIpc) is 2.92. The van der Waals surface area contributed by atoms with Gasteiger partial charge in [0.25, 0.3) is 5.56 Å². The van der Waals surface area contributed by atoms with Gasteiger partial charge in [-0.25, -0.2) is 4.98 Å². The Hall–Kier alpha value is -1.40. The van der Waals surface area contributed by atoms with Gasteiger partial charge in [-0.05, 0) is 41.9 Å². The maximum absolute atomic E-state index is 11.9. The van der Waals surface area contributed by atoms with Gasteiger partial charge in [-0.1, -0.05) is 0 Å². The van der Waals surface area contributed by atoms with Crippen molar-refractivity contribution < 1.29 is 4.42 Å². The molecule has 0 radical (unpaired) electrons. The molecule has 0 bridgehead atoms. The van der Waals surface area contributed by atoms with Gasteiger partial charge in [0.1, 0.15) is 10.2 Å². The van der Waals surface area contributed by atoms with Gasteiger partial charge in [-0.2, -0.15) is 0 Å². The normalized spacial score (nSPS) is 12.6. The number of aromatic nitrogens is 2. The summed E-state index contributed by atoms with van der Waals surface area (Å²) in [6.07, 6.45) is 3.22. The Morgan fingerprint density at radius 3 is 3.05 bits per heavy atom. The standard InChI is InChI=1S/C13H16BrN3O2/c1-9(11-4-3-7-19-11)15-5-6-17-8-16-10(2)12(14)13(17)18/h3-4,7-9,15H,5-6H2,1-2H3. The molecule has 2 aromatic rings. The lowest BCUT2D eigenvalue weighted by atomic mass is 10.2. The maximum atomic E-state index is 11.9. The highest BCUT2D eigenvalue weighted by Gasteiger charge is 2.08. The molecular formula is C13H16BrN3O2. The second-order valence-electron chi connectivity index (χ2n) is 4.33. The SMILES string of the molecule is Cc1ncn(CCNC(C)c2ccco2)c(=O)c1Br. The molecule has 5 nitrogen and oxygen atoms in total. The van der Waals surface area contributed by atoms with Gasteiger partial charge in [0.05, 0.1) is 24.3 Å². The third-order valence-electron chi connectivity index (χ3n) is 2.93. The predicted octanol–water partition coefficient (Wildman–Crippen LogP) is 2.26. The Kier molecular flexibility index (Phi) is 4.55. The van der Waals surface area contributed by atoms with E-state index in [9.17, 15) is 4.79 Å². The monoisotopic (exact) mass is 325 g/mol. The minimum Gasteiger partial charge on any atom is -0.468 e. The van der Waals surface area contributed by atoms with Crippen LogP contribution in [0.3, 0.4) is 0 Å². The molecule has 2 aromatic heterocycles. The number of aryl methyl sites for hydroxylation is 1. The molecule has 2 rings (SSSR count). The fraction of sp³-hybridized carbons (Fsp3) is 0.385. The zero-order chi connectivity index (χ0) is 13.8. The van der Waals surface area contributed by atoms with Crippen molar-refractivity contribution in [3.8, 4) is 0 Å². The topological polar surface area (TPSA) is 60.1 Å². The Balaban J connectivity index is 1.93. The number of furan rings is 1. The Morgan fingerprint density at radius 2 is 2.37 bits per heavy atom. The zero-order valence-electron chi connectivity index (χ0n) is 10.9. The number of hydrogen-bond acceptors (Lipinski definition) is 4. The Morgan fingerprint density at radius 1 is 1.58 bits per heavy atom. The van der Waals surface area contributed by atoms with Gasteiger partial charge >= 0.3 is 0 Å². The lowest BCUT2D eigenvalue weighted by molar-refractivity contribution is 0.421. The van der Waals surface area contributed by atoms with Crippen LogP contribution in [-0.2, 0) is 6.54 Å². The van der Waals surface area contributed by atoms with Crippen molar-refractivity contribution >= 4 is 15.9 Å². The highest BCUT2D eigenvalue weighted by molar-refractivity contribution is 9.10. The van der Waals surface area contributed by atoms with E-state index in [0.717, 1.165) is 5.76 Å². The maximum Gasteiger partial charge on any atom is 0.267 e. The van der Waals surface area contributed by atoms with E-state index in [1.165, 1.54) is 0 Å². The van der Waals surface area contributed by atoms with Gasteiger partial charge < -0.3 is 9.73 Å². The summed E-state index contributed by atoms with van der Waals surface area (Å²) in [5.74, 6) is 0.885. The first-order chi connectivity index (χ1) is 9.09. The second-order valence-corrected chi connectivity index (χ2v) is 5.13. The van der Waals surface area contributed by atoms with Gasteiger partial charge in [-0.3, -0.25) is 9.36 Å². The van der Waals surface area contributed by atoms with Crippen molar-refractivity contribution in [1.82, 2.24) is 14.9 Å². The fourth-order valence-electron chi connectivity index (χ4n) is 1.75. The van der Waals surface area contributed by atoms with Crippen LogP contribution in [-0.4, -0.2) is 16.1 Å². The van der Waals surface area contributed by atoms with Crippen LogP contribution in [0.5, 0.6) is 0 Å². The van der Waals surface area contributed by atoms with Crippen molar-refractivity contribution in [2.45, 2.75) is 26.4 Å².